The van der Waals surface area contributed by atoms with E-state index < -0.39 is 5.60 Å². The van der Waals surface area contributed by atoms with Crippen LogP contribution in [-0.4, -0.2) is 19.2 Å². The molecule has 5 nitrogen and oxygen atoms in total. The van der Waals surface area contributed by atoms with Gasteiger partial charge in [-0.05, 0) is 65.1 Å². The number of aliphatic hydroxyl groups is 1. The molecule has 1 N–H and O–H groups in total. The molecule has 3 aromatic carbocycles. The Morgan fingerprint density at radius 2 is 1.69 bits per heavy atom. The van der Waals surface area contributed by atoms with Crippen LogP contribution < -0.4 is 5.56 Å². The Morgan fingerprint density at radius 1 is 0.944 bits per heavy atom. The van der Waals surface area contributed by atoms with Crippen molar-refractivity contribution < 1.29 is 5.11 Å². The third-order valence-corrected chi connectivity index (χ3v) is 7.10. The maximum absolute atomic E-state index is 12.8. The number of benzene rings is 3. The van der Waals surface area contributed by atoms with Crippen molar-refractivity contribution >= 4 is 34.1 Å². The first-order valence-corrected chi connectivity index (χ1v) is 12.5. The number of aromatic nitrogens is 3. The van der Waals surface area contributed by atoms with Gasteiger partial charge < -0.3 is 14.2 Å². The van der Waals surface area contributed by atoms with Gasteiger partial charge in [0, 0.05) is 35.1 Å². The van der Waals surface area contributed by atoms with Gasteiger partial charge in [-0.3, -0.25) is 4.79 Å². The topological polar surface area (TPSA) is 60.0 Å². The van der Waals surface area contributed by atoms with Crippen molar-refractivity contribution in [1.82, 2.24) is 14.1 Å². The standard InChI is InChI=1S/C29H25Cl2N3O2/c1-3-13-34-18-32-17-27(34)29(36,20-7-10-22(30)11-8-20)21-9-12-26-25(15-21)24(16-28(35)33(26)2)19-5-4-6-23(31)14-19/h4-12,14-18,36H,3,13H2,1-2H3. The summed E-state index contributed by atoms with van der Waals surface area (Å²) in [6, 6.07) is 21.9. The van der Waals surface area contributed by atoms with Gasteiger partial charge in [-0.1, -0.05) is 60.5 Å². The smallest absolute Gasteiger partial charge is 0.251 e. The molecule has 0 saturated heterocycles. The molecule has 182 valence electrons. The maximum Gasteiger partial charge on any atom is 0.251 e. The number of hydrogen-bond donors (Lipinski definition) is 1. The van der Waals surface area contributed by atoms with Gasteiger partial charge in [0.2, 0.25) is 0 Å². The van der Waals surface area contributed by atoms with E-state index in [0.29, 0.717) is 33.4 Å². The molecule has 0 aliphatic carbocycles. The van der Waals surface area contributed by atoms with Crippen LogP contribution in [-0.2, 0) is 19.2 Å². The van der Waals surface area contributed by atoms with Crippen molar-refractivity contribution in [3.63, 3.8) is 0 Å². The molecule has 5 rings (SSSR count). The number of halogens is 2. The van der Waals surface area contributed by atoms with E-state index in [1.807, 2.05) is 53.1 Å². The highest BCUT2D eigenvalue weighted by Crippen LogP contribution is 2.40. The molecule has 0 aliphatic heterocycles. The molecule has 0 radical (unpaired) electrons. The maximum atomic E-state index is 12.8. The lowest BCUT2D eigenvalue weighted by Crippen LogP contribution is -2.32. The third kappa shape index (κ3) is 4.13. The van der Waals surface area contributed by atoms with Gasteiger partial charge in [-0.15, -0.1) is 0 Å². The predicted molar refractivity (Wildman–Crippen MR) is 146 cm³/mol. The van der Waals surface area contributed by atoms with Crippen molar-refractivity contribution in [3.8, 4) is 11.1 Å². The zero-order valence-electron chi connectivity index (χ0n) is 20.0. The summed E-state index contributed by atoms with van der Waals surface area (Å²) in [5.41, 5.74) is 2.66. The molecule has 0 saturated carbocycles. The van der Waals surface area contributed by atoms with Crippen LogP contribution in [0, 0.1) is 0 Å². The molecule has 5 aromatic rings. The summed E-state index contributed by atoms with van der Waals surface area (Å²) in [5, 5.41) is 14.5. The van der Waals surface area contributed by atoms with E-state index in [0.717, 1.165) is 28.5 Å². The highest BCUT2D eigenvalue weighted by Gasteiger charge is 2.37. The molecule has 2 heterocycles. The zero-order chi connectivity index (χ0) is 25.4. The van der Waals surface area contributed by atoms with Crippen LogP contribution in [0.2, 0.25) is 10.0 Å². The molecule has 36 heavy (non-hydrogen) atoms. The number of rotatable bonds is 6. The van der Waals surface area contributed by atoms with E-state index in [2.05, 4.69) is 11.9 Å². The van der Waals surface area contributed by atoms with Gasteiger partial charge in [0.15, 0.2) is 5.60 Å². The molecule has 0 bridgehead atoms. The van der Waals surface area contributed by atoms with Crippen molar-refractivity contribution in [2.75, 3.05) is 0 Å². The minimum absolute atomic E-state index is 0.126. The number of nitrogens with zero attached hydrogens (tertiary/aromatic N) is 3. The summed E-state index contributed by atoms with van der Waals surface area (Å²) in [5.74, 6) is 0. The molecule has 2 aromatic heterocycles. The van der Waals surface area contributed by atoms with E-state index in [-0.39, 0.29) is 5.56 Å². The van der Waals surface area contributed by atoms with Gasteiger partial charge >= 0.3 is 0 Å². The lowest BCUT2D eigenvalue weighted by atomic mass is 9.82. The van der Waals surface area contributed by atoms with Gasteiger partial charge in [0.1, 0.15) is 0 Å². The average molecular weight is 518 g/mol. The Kier molecular flexibility index (Phi) is 6.47. The van der Waals surface area contributed by atoms with E-state index in [4.69, 9.17) is 23.2 Å². The Bertz CT molecular complexity index is 1620. The van der Waals surface area contributed by atoms with Gasteiger partial charge in [-0.2, -0.15) is 0 Å². The molecular formula is C29H25Cl2N3O2. The Hall–Kier alpha value is -3.38. The van der Waals surface area contributed by atoms with Crippen LogP contribution >= 0.6 is 23.2 Å². The quantitative estimate of drug-likeness (QED) is 0.283. The van der Waals surface area contributed by atoms with Crippen molar-refractivity contribution in [2.45, 2.75) is 25.5 Å². The van der Waals surface area contributed by atoms with E-state index in [1.165, 1.54) is 0 Å². The number of aryl methyl sites for hydroxylation is 2. The third-order valence-electron chi connectivity index (χ3n) is 6.61. The normalized spacial score (nSPS) is 13.1. The summed E-state index contributed by atoms with van der Waals surface area (Å²) >= 11 is 12.5. The van der Waals surface area contributed by atoms with Crippen LogP contribution in [0.3, 0.4) is 0 Å². The first-order valence-electron chi connectivity index (χ1n) is 11.7. The van der Waals surface area contributed by atoms with Gasteiger partial charge in [0.25, 0.3) is 5.56 Å². The summed E-state index contributed by atoms with van der Waals surface area (Å²) in [6.45, 7) is 2.79. The fourth-order valence-electron chi connectivity index (χ4n) is 4.78. The summed E-state index contributed by atoms with van der Waals surface area (Å²) in [6.07, 6.45) is 4.33. The zero-order valence-corrected chi connectivity index (χ0v) is 21.5. The second kappa shape index (κ2) is 9.58. The lowest BCUT2D eigenvalue weighted by Gasteiger charge is -2.31. The number of fused-ring (bicyclic) bond motifs is 1. The molecule has 0 fully saturated rings. The average Bonchev–Trinajstić information content (AvgIpc) is 3.35. The highest BCUT2D eigenvalue weighted by atomic mass is 35.5. The van der Waals surface area contributed by atoms with E-state index >= 15 is 0 Å². The first kappa shape index (κ1) is 24.3. The van der Waals surface area contributed by atoms with Crippen LogP contribution in [0.15, 0.2) is 90.1 Å². The van der Waals surface area contributed by atoms with Crippen molar-refractivity contribution in [2.24, 2.45) is 7.05 Å². The molecular weight excluding hydrogens is 493 g/mol. The molecule has 0 spiro atoms. The minimum Gasteiger partial charge on any atom is -0.374 e. The van der Waals surface area contributed by atoms with Gasteiger partial charge in [0.05, 0.1) is 23.7 Å². The van der Waals surface area contributed by atoms with Crippen LogP contribution in [0.5, 0.6) is 0 Å². The van der Waals surface area contributed by atoms with Crippen LogP contribution in [0.4, 0.5) is 0 Å². The largest absolute Gasteiger partial charge is 0.374 e. The number of hydrogen-bond acceptors (Lipinski definition) is 3. The monoisotopic (exact) mass is 517 g/mol. The van der Waals surface area contributed by atoms with Crippen molar-refractivity contribution in [3.05, 3.63) is 123 Å². The Morgan fingerprint density at radius 3 is 2.42 bits per heavy atom. The lowest BCUT2D eigenvalue weighted by molar-refractivity contribution is 0.116. The molecule has 1 atom stereocenters. The fourth-order valence-corrected chi connectivity index (χ4v) is 5.09. The second-order valence-electron chi connectivity index (χ2n) is 8.89. The molecule has 0 amide bonds. The van der Waals surface area contributed by atoms with Crippen LogP contribution in [0.25, 0.3) is 22.0 Å². The van der Waals surface area contributed by atoms with E-state index in [9.17, 15) is 9.90 Å². The molecule has 0 aliphatic rings. The van der Waals surface area contributed by atoms with E-state index in [1.54, 1.807) is 48.4 Å². The summed E-state index contributed by atoms with van der Waals surface area (Å²) < 4.78 is 3.58. The number of pyridine rings is 1. The summed E-state index contributed by atoms with van der Waals surface area (Å²) in [4.78, 5) is 17.2. The SMILES string of the molecule is CCCn1cncc1C(O)(c1ccc(Cl)cc1)c1ccc2c(c1)c(-c1cccc(Cl)c1)cc(=O)n2C. The Balaban J connectivity index is 1.83. The molecule has 1 unspecified atom stereocenters. The van der Waals surface area contributed by atoms with Gasteiger partial charge in [-0.25, -0.2) is 4.98 Å². The predicted octanol–water partition coefficient (Wildman–Crippen LogP) is 6.40. The Labute approximate surface area is 219 Å². The fraction of sp³-hybridized carbons (Fsp3) is 0.172. The highest BCUT2D eigenvalue weighted by molar-refractivity contribution is 6.31. The number of imidazole rings is 1. The van der Waals surface area contributed by atoms with Crippen molar-refractivity contribution in [1.29, 1.82) is 0 Å². The minimum atomic E-state index is -1.51. The van der Waals surface area contributed by atoms with Crippen LogP contribution in [0.1, 0.15) is 30.2 Å². The second-order valence-corrected chi connectivity index (χ2v) is 9.76. The summed E-state index contributed by atoms with van der Waals surface area (Å²) in [7, 11) is 1.74. The first-order chi connectivity index (χ1) is 17.3. The molecule has 7 heteroatoms.